The number of amides is 2. The highest BCUT2D eigenvalue weighted by Gasteiger charge is 2.42. The van der Waals surface area contributed by atoms with E-state index < -0.39 is 41.6 Å². The number of carbonyl (C=O) groups is 3. The van der Waals surface area contributed by atoms with E-state index in [1.165, 1.54) is 48.5 Å². The molecule has 0 bridgehead atoms. The Morgan fingerprint density at radius 3 is 2.53 bits per heavy atom. The van der Waals surface area contributed by atoms with E-state index in [2.05, 4.69) is 15.5 Å². The maximum atomic E-state index is 14.7. The smallest absolute Gasteiger partial charge is 0.337 e. The standard InChI is InChI=1S/C33H25ClF2N4O5/c1-44-33(43)18-8-10-21(11-9-18)38-31(41)30-24-5-2-4-22(19-14-20(35)17-37-16-19)23(24)12-13-40(30)32(42)28-15-27(39-45-28)25-6-3-7-26(34)29(25)36/h2-11,14,16-17,28,30H,12-13,15H2,1H3,(H,38,41)/t28-,30-/m1/s1. The molecule has 1 N–H and O–H groups in total. The number of nitrogens with one attached hydrogen (secondary N) is 1. The lowest BCUT2D eigenvalue weighted by atomic mass is 9.86. The second-order valence-electron chi connectivity index (χ2n) is 10.4. The summed E-state index contributed by atoms with van der Waals surface area (Å²) in [5.41, 5.74) is 3.56. The third kappa shape index (κ3) is 5.86. The zero-order chi connectivity index (χ0) is 31.7. The van der Waals surface area contributed by atoms with Crippen LogP contribution in [0.2, 0.25) is 5.02 Å². The lowest BCUT2D eigenvalue weighted by Crippen LogP contribution is -2.49. The molecule has 0 spiro atoms. The van der Waals surface area contributed by atoms with Crippen molar-refractivity contribution in [3.8, 4) is 11.1 Å². The summed E-state index contributed by atoms with van der Waals surface area (Å²) in [4.78, 5) is 50.7. The van der Waals surface area contributed by atoms with Gasteiger partial charge < -0.3 is 19.8 Å². The quantitative estimate of drug-likeness (QED) is 0.273. The number of fused-ring (bicyclic) bond motifs is 1. The number of rotatable bonds is 6. The van der Waals surface area contributed by atoms with Crippen LogP contribution in [0.4, 0.5) is 14.5 Å². The third-order valence-corrected chi connectivity index (χ3v) is 8.04. The molecule has 228 valence electrons. The van der Waals surface area contributed by atoms with Crippen molar-refractivity contribution in [2.75, 3.05) is 19.0 Å². The molecular weight excluding hydrogens is 606 g/mol. The van der Waals surface area contributed by atoms with Crippen molar-refractivity contribution in [1.29, 1.82) is 0 Å². The Kier molecular flexibility index (Phi) is 8.27. The lowest BCUT2D eigenvalue weighted by Gasteiger charge is -2.38. The van der Waals surface area contributed by atoms with E-state index in [1.807, 2.05) is 6.07 Å². The number of oxime groups is 1. The first-order chi connectivity index (χ1) is 21.7. The molecule has 2 amide bonds. The number of ether oxygens (including phenoxy) is 1. The van der Waals surface area contributed by atoms with E-state index in [-0.39, 0.29) is 29.3 Å². The van der Waals surface area contributed by atoms with Gasteiger partial charge in [-0.25, -0.2) is 13.6 Å². The van der Waals surface area contributed by atoms with Crippen LogP contribution in [0.25, 0.3) is 11.1 Å². The van der Waals surface area contributed by atoms with Gasteiger partial charge in [-0.15, -0.1) is 0 Å². The van der Waals surface area contributed by atoms with Crippen LogP contribution in [0.5, 0.6) is 0 Å². The number of nitrogens with zero attached hydrogens (tertiary/aromatic N) is 3. The lowest BCUT2D eigenvalue weighted by molar-refractivity contribution is -0.148. The molecule has 3 aromatic carbocycles. The van der Waals surface area contributed by atoms with Crippen molar-refractivity contribution in [3.63, 3.8) is 0 Å². The van der Waals surface area contributed by atoms with Gasteiger partial charge in [0.1, 0.15) is 11.9 Å². The van der Waals surface area contributed by atoms with Crippen molar-refractivity contribution in [3.05, 3.63) is 118 Å². The van der Waals surface area contributed by atoms with Crippen LogP contribution in [0.3, 0.4) is 0 Å². The molecule has 0 unspecified atom stereocenters. The number of esters is 1. The average molecular weight is 631 g/mol. The second-order valence-corrected chi connectivity index (χ2v) is 10.9. The first-order valence-corrected chi connectivity index (χ1v) is 14.3. The first-order valence-electron chi connectivity index (χ1n) is 13.9. The monoisotopic (exact) mass is 630 g/mol. The topological polar surface area (TPSA) is 110 Å². The Hall–Kier alpha value is -5.16. The number of pyridine rings is 1. The van der Waals surface area contributed by atoms with Crippen LogP contribution in [0.1, 0.15) is 39.5 Å². The Labute approximate surface area is 261 Å². The van der Waals surface area contributed by atoms with E-state index in [0.29, 0.717) is 34.4 Å². The highest BCUT2D eigenvalue weighted by atomic mass is 35.5. The van der Waals surface area contributed by atoms with E-state index >= 15 is 0 Å². The second kappa shape index (κ2) is 12.4. The van der Waals surface area contributed by atoms with Gasteiger partial charge in [0.15, 0.2) is 5.82 Å². The first kappa shape index (κ1) is 29.9. The molecule has 0 saturated carbocycles. The molecule has 0 radical (unpaired) electrons. The SMILES string of the molecule is COC(=O)c1ccc(NC(=O)[C@H]2c3cccc(-c4cncc(F)c4)c3CCN2C(=O)[C@H]2CC(c3cccc(Cl)c3F)=NO2)cc1. The number of hydrogen-bond acceptors (Lipinski definition) is 7. The summed E-state index contributed by atoms with van der Waals surface area (Å²) in [5.74, 6) is -2.74. The molecule has 2 atom stereocenters. The normalized spacial score (nSPS) is 17.2. The van der Waals surface area contributed by atoms with Crippen molar-refractivity contribution >= 4 is 40.8 Å². The number of methoxy groups -OCH3 is 1. The Morgan fingerprint density at radius 2 is 1.78 bits per heavy atom. The van der Waals surface area contributed by atoms with Crippen molar-refractivity contribution in [2.45, 2.75) is 25.0 Å². The van der Waals surface area contributed by atoms with Gasteiger partial charge in [-0.3, -0.25) is 14.6 Å². The summed E-state index contributed by atoms with van der Waals surface area (Å²) in [5, 5.41) is 6.72. The highest BCUT2D eigenvalue weighted by molar-refractivity contribution is 6.31. The van der Waals surface area contributed by atoms with Crippen LogP contribution in [-0.4, -0.2) is 53.1 Å². The van der Waals surface area contributed by atoms with Gasteiger partial charge >= 0.3 is 5.97 Å². The Balaban J connectivity index is 1.33. The van der Waals surface area contributed by atoms with Gasteiger partial charge in [0.05, 0.1) is 29.6 Å². The fraction of sp³-hybridized carbons (Fsp3) is 0.182. The predicted molar refractivity (Wildman–Crippen MR) is 162 cm³/mol. The molecule has 12 heteroatoms. The van der Waals surface area contributed by atoms with Gasteiger partial charge in [0.2, 0.25) is 6.10 Å². The van der Waals surface area contributed by atoms with E-state index in [9.17, 15) is 23.2 Å². The highest BCUT2D eigenvalue weighted by Crippen LogP contribution is 2.38. The summed E-state index contributed by atoms with van der Waals surface area (Å²) < 4.78 is 33.5. The van der Waals surface area contributed by atoms with Crippen LogP contribution in [0, 0.1) is 11.6 Å². The van der Waals surface area contributed by atoms with Crippen molar-refractivity contribution < 1.29 is 32.7 Å². The molecule has 0 aliphatic carbocycles. The van der Waals surface area contributed by atoms with E-state index in [0.717, 1.165) is 11.8 Å². The fourth-order valence-electron chi connectivity index (χ4n) is 5.62. The number of carbonyl (C=O) groups excluding carboxylic acids is 3. The van der Waals surface area contributed by atoms with E-state index in [1.54, 1.807) is 30.3 Å². The number of hydrogen-bond donors (Lipinski definition) is 1. The average Bonchev–Trinajstić information content (AvgIpc) is 3.55. The van der Waals surface area contributed by atoms with Crippen molar-refractivity contribution in [2.24, 2.45) is 5.16 Å². The molecule has 0 saturated heterocycles. The summed E-state index contributed by atoms with van der Waals surface area (Å²) in [6.45, 7) is 0.131. The molecule has 2 aliphatic heterocycles. The Bertz CT molecular complexity index is 1850. The Morgan fingerprint density at radius 1 is 1.02 bits per heavy atom. The molecule has 1 aromatic heterocycles. The largest absolute Gasteiger partial charge is 0.465 e. The molecule has 0 fully saturated rings. The minimum absolute atomic E-state index is 0.0300. The number of anilines is 1. The fourth-order valence-corrected chi connectivity index (χ4v) is 5.79. The summed E-state index contributed by atoms with van der Waals surface area (Å²) in [6, 6.07) is 16.1. The van der Waals surface area contributed by atoms with E-state index in [4.69, 9.17) is 21.2 Å². The number of aromatic nitrogens is 1. The molecule has 3 heterocycles. The van der Waals surface area contributed by atoms with Crippen LogP contribution >= 0.6 is 11.6 Å². The maximum absolute atomic E-state index is 14.7. The summed E-state index contributed by atoms with van der Waals surface area (Å²) in [7, 11) is 1.27. The minimum atomic E-state index is -1.11. The molecular formula is C33H25ClF2N4O5. The van der Waals surface area contributed by atoms with Crippen LogP contribution in [0.15, 0.2) is 84.3 Å². The molecule has 4 aromatic rings. The van der Waals surface area contributed by atoms with Gasteiger partial charge in [0, 0.05) is 36.0 Å². The van der Waals surface area contributed by atoms with Gasteiger partial charge in [-0.05, 0) is 65.6 Å². The molecule has 9 nitrogen and oxygen atoms in total. The van der Waals surface area contributed by atoms with Crippen LogP contribution < -0.4 is 5.32 Å². The van der Waals surface area contributed by atoms with Gasteiger partial charge in [-0.1, -0.05) is 41.0 Å². The summed E-state index contributed by atoms with van der Waals surface area (Å²) >= 11 is 5.94. The van der Waals surface area contributed by atoms with Gasteiger partial charge in [0.25, 0.3) is 11.8 Å². The molecule has 6 rings (SSSR count). The number of benzene rings is 3. The zero-order valence-electron chi connectivity index (χ0n) is 23.8. The zero-order valence-corrected chi connectivity index (χ0v) is 24.6. The predicted octanol–water partition coefficient (Wildman–Crippen LogP) is 5.72. The summed E-state index contributed by atoms with van der Waals surface area (Å²) in [6.07, 6.45) is 1.86. The molecule has 45 heavy (non-hydrogen) atoms. The third-order valence-electron chi connectivity index (χ3n) is 7.75. The van der Waals surface area contributed by atoms with Crippen molar-refractivity contribution in [1.82, 2.24) is 9.88 Å². The maximum Gasteiger partial charge on any atom is 0.337 e. The van der Waals surface area contributed by atoms with Crippen LogP contribution in [-0.2, 0) is 25.6 Å². The number of halogens is 3. The molecule has 2 aliphatic rings. The van der Waals surface area contributed by atoms with Gasteiger partial charge in [-0.2, -0.15) is 0 Å². The minimum Gasteiger partial charge on any atom is -0.465 e.